The molecule has 0 N–H and O–H groups in total. The van der Waals surface area contributed by atoms with Gasteiger partial charge in [0.1, 0.15) is 10.8 Å². The van der Waals surface area contributed by atoms with Crippen LogP contribution in [0.3, 0.4) is 0 Å². The number of methoxy groups -OCH3 is 2. The minimum absolute atomic E-state index is 0.388. The van der Waals surface area contributed by atoms with Crippen molar-refractivity contribution in [1.82, 2.24) is 4.98 Å². The molecular formula is C8H10ClNO2. The quantitative estimate of drug-likeness (QED) is 0.710. The van der Waals surface area contributed by atoms with Crippen molar-refractivity contribution in [2.24, 2.45) is 0 Å². The largest absolute Gasteiger partial charge is 0.495 e. The van der Waals surface area contributed by atoms with E-state index in [2.05, 4.69) is 4.98 Å². The van der Waals surface area contributed by atoms with E-state index in [9.17, 15) is 0 Å². The van der Waals surface area contributed by atoms with Crippen LogP contribution in [-0.2, 0) is 0 Å². The molecule has 0 amide bonds. The Hall–Kier alpha value is -0.960. The average Bonchev–Trinajstić information content (AvgIpc) is 2.06. The van der Waals surface area contributed by atoms with E-state index in [-0.39, 0.29) is 0 Å². The first-order valence-electron chi connectivity index (χ1n) is 3.43. The molecule has 0 aliphatic heterocycles. The van der Waals surface area contributed by atoms with Gasteiger partial charge in [0.2, 0.25) is 5.88 Å². The second-order valence-electron chi connectivity index (χ2n) is 2.30. The minimum Gasteiger partial charge on any atom is -0.495 e. The van der Waals surface area contributed by atoms with E-state index in [0.29, 0.717) is 16.7 Å². The van der Waals surface area contributed by atoms with Gasteiger partial charge in [-0.1, -0.05) is 11.6 Å². The molecule has 1 heterocycles. The third-order valence-corrected chi connectivity index (χ3v) is 1.85. The smallest absolute Gasteiger partial charge is 0.236 e. The number of aromatic nitrogens is 1. The van der Waals surface area contributed by atoms with Gasteiger partial charge in [-0.15, -0.1) is 0 Å². The third kappa shape index (κ3) is 1.46. The second kappa shape index (κ2) is 3.63. The number of nitrogens with zero attached hydrogens (tertiary/aromatic N) is 1. The van der Waals surface area contributed by atoms with Gasteiger partial charge in [0.15, 0.2) is 0 Å². The molecule has 1 aromatic heterocycles. The first-order valence-corrected chi connectivity index (χ1v) is 3.81. The summed E-state index contributed by atoms with van der Waals surface area (Å²) in [5.41, 5.74) is 0.892. The van der Waals surface area contributed by atoms with Gasteiger partial charge in [-0.25, -0.2) is 4.98 Å². The number of hydrogen-bond donors (Lipinski definition) is 0. The van der Waals surface area contributed by atoms with Crippen LogP contribution < -0.4 is 9.47 Å². The van der Waals surface area contributed by atoms with Gasteiger partial charge >= 0.3 is 0 Å². The standard InChI is InChI=1S/C8H10ClNO2/c1-5-4-10-8(12-3)6(9)7(5)11-2/h4H,1-3H3. The molecule has 3 nitrogen and oxygen atoms in total. The molecule has 0 atom stereocenters. The highest BCUT2D eigenvalue weighted by molar-refractivity contribution is 6.33. The summed E-state index contributed by atoms with van der Waals surface area (Å²) in [6.07, 6.45) is 1.66. The maximum Gasteiger partial charge on any atom is 0.236 e. The van der Waals surface area contributed by atoms with Crippen LogP contribution in [0, 0.1) is 6.92 Å². The average molecular weight is 188 g/mol. The predicted molar refractivity (Wildman–Crippen MR) is 47.1 cm³/mol. The summed E-state index contributed by atoms with van der Waals surface area (Å²) in [6.45, 7) is 1.87. The SMILES string of the molecule is COc1ncc(C)c(OC)c1Cl. The summed E-state index contributed by atoms with van der Waals surface area (Å²) in [4.78, 5) is 3.97. The van der Waals surface area contributed by atoms with Crippen LogP contribution in [0.1, 0.15) is 5.56 Å². The molecule has 0 radical (unpaired) electrons. The molecule has 0 aliphatic carbocycles. The number of pyridine rings is 1. The maximum atomic E-state index is 5.90. The molecule has 0 saturated heterocycles. The Bertz CT molecular complexity index is 289. The van der Waals surface area contributed by atoms with Crippen molar-refractivity contribution in [3.63, 3.8) is 0 Å². The van der Waals surface area contributed by atoms with Gasteiger partial charge in [0.25, 0.3) is 0 Å². The monoisotopic (exact) mass is 187 g/mol. The second-order valence-corrected chi connectivity index (χ2v) is 2.68. The fourth-order valence-corrected chi connectivity index (χ4v) is 1.29. The highest BCUT2D eigenvalue weighted by Crippen LogP contribution is 2.33. The zero-order valence-electron chi connectivity index (χ0n) is 7.22. The lowest BCUT2D eigenvalue weighted by atomic mass is 10.3. The number of halogens is 1. The molecule has 0 spiro atoms. The van der Waals surface area contributed by atoms with Crippen LogP contribution in [0.15, 0.2) is 6.20 Å². The molecular weight excluding hydrogens is 178 g/mol. The van der Waals surface area contributed by atoms with Crippen molar-refractivity contribution in [2.75, 3.05) is 14.2 Å². The Kier molecular flexibility index (Phi) is 2.76. The molecule has 1 aromatic rings. The Morgan fingerprint density at radius 2 is 2.00 bits per heavy atom. The molecule has 0 unspecified atom stereocenters. The Balaban J connectivity index is 3.24. The molecule has 0 saturated carbocycles. The first kappa shape index (κ1) is 9.13. The van der Waals surface area contributed by atoms with Gasteiger partial charge in [-0.3, -0.25) is 0 Å². The lowest BCUT2D eigenvalue weighted by Gasteiger charge is -2.08. The lowest BCUT2D eigenvalue weighted by molar-refractivity contribution is 0.381. The number of hydrogen-bond acceptors (Lipinski definition) is 3. The van der Waals surface area contributed by atoms with Crippen molar-refractivity contribution in [3.8, 4) is 11.6 Å². The van der Waals surface area contributed by atoms with Crippen LogP contribution in [-0.4, -0.2) is 19.2 Å². The van der Waals surface area contributed by atoms with E-state index in [0.717, 1.165) is 5.56 Å². The molecule has 4 heteroatoms. The van der Waals surface area contributed by atoms with Gasteiger partial charge in [0.05, 0.1) is 14.2 Å². The highest BCUT2D eigenvalue weighted by Gasteiger charge is 2.10. The summed E-state index contributed by atoms with van der Waals surface area (Å²) < 4.78 is 9.99. The molecule has 0 fully saturated rings. The predicted octanol–water partition coefficient (Wildman–Crippen LogP) is 2.06. The third-order valence-electron chi connectivity index (χ3n) is 1.52. The zero-order chi connectivity index (χ0) is 9.14. The van der Waals surface area contributed by atoms with Gasteiger partial charge < -0.3 is 9.47 Å². The number of rotatable bonds is 2. The number of ether oxygens (including phenoxy) is 2. The number of aryl methyl sites for hydroxylation is 1. The van der Waals surface area contributed by atoms with E-state index in [1.807, 2.05) is 6.92 Å². The molecule has 0 aliphatic rings. The fourth-order valence-electron chi connectivity index (χ4n) is 0.934. The van der Waals surface area contributed by atoms with Crippen molar-refractivity contribution in [2.45, 2.75) is 6.92 Å². The molecule has 1 rings (SSSR count). The summed E-state index contributed by atoms with van der Waals surface area (Å²) in [5.74, 6) is 1.00. The molecule has 0 aromatic carbocycles. The topological polar surface area (TPSA) is 31.4 Å². The highest BCUT2D eigenvalue weighted by atomic mass is 35.5. The van der Waals surface area contributed by atoms with E-state index >= 15 is 0 Å². The Morgan fingerprint density at radius 3 is 2.50 bits per heavy atom. The summed E-state index contributed by atoms with van der Waals surface area (Å²) >= 11 is 5.90. The minimum atomic E-state index is 0.388. The first-order chi connectivity index (χ1) is 5.70. The molecule has 12 heavy (non-hydrogen) atoms. The van der Waals surface area contributed by atoms with Crippen molar-refractivity contribution in [1.29, 1.82) is 0 Å². The van der Waals surface area contributed by atoms with Crippen LogP contribution in [0.2, 0.25) is 5.02 Å². The summed E-state index contributed by atoms with van der Waals surface area (Å²) in [5, 5.41) is 0.417. The normalized spacial score (nSPS) is 9.67. The van der Waals surface area contributed by atoms with Crippen LogP contribution in [0.25, 0.3) is 0 Å². The van der Waals surface area contributed by atoms with Crippen molar-refractivity contribution in [3.05, 3.63) is 16.8 Å². The van der Waals surface area contributed by atoms with Gasteiger partial charge in [-0.2, -0.15) is 0 Å². The Labute approximate surface area is 76.3 Å². The summed E-state index contributed by atoms with van der Waals surface area (Å²) in [6, 6.07) is 0. The molecule has 66 valence electrons. The van der Waals surface area contributed by atoms with Crippen molar-refractivity contribution < 1.29 is 9.47 Å². The van der Waals surface area contributed by atoms with E-state index in [1.165, 1.54) is 7.11 Å². The van der Waals surface area contributed by atoms with Crippen LogP contribution in [0.5, 0.6) is 11.6 Å². The fraction of sp³-hybridized carbons (Fsp3) is 0.375. The van der Waals surface area contributed by atoms with E-state index in [4.69, 9.17) is 21.1 Å². The van der Waals surface area contributed by atoms with Gasteiger partial charge in [-0.05, 0) is 6.92 Å². The van der Waals surface area contributed by atoms with E-state index < -0.39 is 0 Å². The van der Waals surface area contributed by atoms with E-state index in [1.54, 1.807) is 13.3 Å². The summed E-state index contributed by atoms with van der Waals surface area (Å²) in [7, 11) is 3.08. The van der Waals surface area contributed by atoms with Crippen LogP contribution in [0.4, 0.5) is 0 Å². The zero-order valence-corrected chi connectivity index (χ0v) is 7.97. The maximum absolute atomic E-state index is 5.90. The van der Waals surface area contributed by atoms with Crippen LogP contribution >= 0.6 is 11.6 Å². The van der Waals surface area contributed by atoms with Crippen molar-refractivity contribution >= 4 is 11.6 Å². The van der Waals surface area contributed by atoms with Gasteiger partial charge in [0, 0.05) is 11.8 Å². The Morgan fingerprint density at radius 1 is 1.33 bits per heavy atom. The lowest BCUT2D eigenvalue weighted by Crippen LogP contribution is -1.94. The molecule has 0 bridgehead atoms.